The Kier molecular flexibility index (Phi) is 32.4. The first kappa shape index (κ1) is 75.0. The SMILES string of the molecule is COC(=O)[C@H](Cc1ccccc1)NC(=O)[C@H](CC(N)=O)NC(=O)[C@H](CC(C)C)NC(=O)[C@@H](NC(=O)CCCOc1cccc(OCCCC(=O)N[C@H](C(=O)N[C@@H](CC(C)C)C(=O)N[C@@H](CC(N)=O)C(=O)N[C@@H](Cc2ccccc2)C(=O)OC)[C@@H](C)O)n1)[C@@H](C)O. The quantitative estimate of drug-likeness (QED) is 0.0233. The number of primary amides is 2. The van der Waals surface area contributed by atoms with Crippen molar-refractivity contribution in [1.82, 2.24) is 47.5 Å². The summed E-state index contributed by atoms with van der Waals surface area (Å²) in [6.07, 6.45) is -4.31. The molecule has 29 nitrogen and oxygen atoms in total. The number of pyridine rings is 1. The predicted octanol–water partition coefficient (Wildman–Crippen LogP) is -1.29. The molecule has 1 aromatic heterocycles. The molecule has 0 fully saturated rings. The minimum atomic E-state index is -1.58. The van der Waals surface area contributed by atoms with E-state index in [2.05, 4.69) is 47.5 Å². The van der Waals surface area contributed by atoms with Crippen LogP contribution >= 0.6 is 0 Å². The molecule has 0 spiro atoms. The topological polar surface area (TPSA) is 443 Å². The number of benzene rings is 2. The third-order valence-corrected chi connectivity index (χ3v) is 13.4. The molecule has 10 atom stereocenters. The van der Waals surface area contributed by atoms with Crippen LogP contribution < -0.4 is 63.5 Å². The van der Waals surface area contributed by atoms with Gasteiger partial charge in [-0.1, -0.05) is 94.4 Å². The van der Waals surface area contributed by atoms with E-state index in [4.69, 9.17) is 30.4 Å². The lowest BCUT2D eigenvalue weighted by Gasteiger charge is -2.27. The Balaban J connectivity index is 1.53. The first-order valence-electron chi connectivity index (χ1n) is 29.4. The van der Waals surface area contributed by atoms with Gasteiger partial charge in [0.05, 0.1) is 52.5 Å². The van der Waals surface area contributed by atoms with Gasteiger partial charge in [-0.25, -0.2) is 9.59 Å². The van der Waals surface area contributed by atoms with Gasteiger partial charge in [-0.2, -0.15) is 4.98 Å². The second-order valence-electron chi connectivity index (χ2n) is 22.2. The lowest BCUT2D eigenvalue weighted by atomic mass is 10.0. The number of nitrogens with one attached hydrogen (secondary N) is 8. The van der Waals surface area contributed by atoms with Crippen molar-refractivity contribution in [3.8, 4) is 11.8 Å². The molecule has 0 bridgehead atoms. The third-order valence-electron chi connectivity index (χ3n) is 13.4. The number of aliphatic hydroxyl groups excluding tert-OH is 2. The van der Waals surface area contributed by atoms with Crippen LogP contribution in [0.4, 0.5) is 0 Å². The van der Waals surface area contributed by atoms with Gasteiger partial charge >= 0.3 is 11.9 Å². The van der Waals surface area contributed by atoms with E-state index in [1.165, 1.54) is 26.0 Å². The van der Waals surface area contributed by atoms with Gasteiger partial charge in [-0.15, -0.1) is 0 Å². The van der Waals surface area contributed by atoms with Crippen LogP contribution in [0.25, 0.3) is 0 Å². The molecule has 0 unspecified atom stereocenters. The highest BCUT2D eigenvalue weighted by Crippen LogP contribution is 2.16. The van der Waals surface area contributed by atoms with Crippen molar-refractivity contribution >= 4 is 71.0 Å². The molecular formula is C61H87N11O18. The fourth-order valence-electron chi connectivity index (χ4n) is 8.89. The van der Waals surface area contributed by atoms with Crippen LogP contribution in [0.3, 0.4) is 0 Å². The summed E-state index contributed by atoms with van der Waals surface area (Å²) >= 11 is 0. The van der Waals surface area contributed by atoms with E-state index in [-0.39, 0.29) is 88.2 Å². The summed E-state index contributed by atoms with van der Waals surface area (Å²) in [5, 5.41) is 41.1. The van der Waals surface area contributed by atoms with E-state index in [1.807, 2.05) is 0 Å². The van der Waals surface area contributed by atoms with E-state index >= 15 is 0 Å². The predicted molar refractivity (Wildman–Crippen MR) is 323 cm³/mol. The molecule has 3 aromatic rings. The molecule has 2 aromatic carbocycles. The Hall–Kier alpha value is -9.25. The van der Waals surface area contributed by atoms with Crippen LogP contribution in [0.15, 0.2) is 78.9 Å². The summed E-state index contributed by atoms with van der Waals surface area (Å²) in [5.41, 5.74) is 12.2. The molecule has 0 radical (unpaired) electrons. The summed E-state index contributed by atoms with van der Waals surface area (Å²) in [7, 11) is 2.27. The largest absolute Gasteiger partial charge is 0.478 e. The molecule has 1 heterocycles. The first-order chi connectivity index (χ1) is 42.6. The van der Waals surface area contributed by atoms with Crippen LogP contribution in [0.2, 0.25) is 0 Å². The molecule has 14 N–H and O–H groups in total. The summed E-state index contributed by atoms with van der Waals surface area (Å²) in [5.74, 6) is -10.5. The third kappa shape index (κ3) is 27.8. The van der Waals surface area contributed by atoms with Crippen LogP contribution in [0.5, 0.6) is 11.8 Å². The summed E-state index contributed by atoms with van der Waals surface area (Å²) in [4.78, 5) is 162. The molecule has 0 aliphatic carbocycles. The number of carbonyl (C=O) groups excluding carboxylic acids is 12. The number of hydrogen-bond acceptors (Lipinski definition) is 19. The molecule has 0 aliphatic heterocycles. The van der Waals surface area contributed by atoms with Crippen LogP contribution in [0, 0.1) is 11.8 Å². The zero-order valence-electron chi connectivity index (χ0n) is 51.9. The van der Waals surface area contributed by atoms with Crippen molar-refractivity contribution in [2.75, 3.05) is 27.4 Å². The van der Waals surface area contributed by atoms with E-state index in [1.54, 1.807) is 94.4 Å². The highest BCUT2D eigenvalue weighted by Gasteiger charge is 2.36. The minimum absolute atomic E-state index is 0.0209. The van der Waals surface area contributed by atoms with E-state index in [0.29, 0.717) is 11.1 Å². The van der Waals surface area contributed by atoms with Crippen molar-refractivity contribution in [2.24, 2.45) is 23.3 Å². The molecule has 10 amide bonds. The van der Waals surface area contributed by atoms with Crippen LogP contribution in [-0.4, -0.2) is 174 Å². The second kappa shape index (κ2) is 38.9. The van der Waals surface area contributed by atoms with Gasteiger partial charge in [-0.3, -0.25) is 47.9 Å². The zero-order valence-corrected chi connectivity index (χ0v) is 51.9. The van der Waals surface area contributed by atoms with E-state index in [9.17, 15) is 67.7 Å². The Morgan fingerprint density at radius 1 is 0.433 bits per heavy atom. The number of rotatable bonds is 40. The number of hydrogen-bond donors (Lipinski definition) is 12. The first-order valence-corrected chi connectivity index (χ1v) is 29.4. The smallest absolute Gasteiger partial charge is 0.328 e. The van der Waals surface area contributed by atoms with Gasteiger partial charge in [0, 0.05) is 37.8 Å². The molecule has 494 valence electrons. The second-order valence-corrected chi connectivity index (χ2v) is 22.2. The highest BCUT2D eigenvalue weighted by molar-refractivity contribution is 5.98. The van der Waals surface area contributed by atoms with E-state index < -0.39 is 144 Å². The number of methoxy groups -OCH3 is 2. The van der Waals surface area contributed by atoms with Crippen LogP contribution in [0.1, 0.15) is 104 Å². The van der Waals surface area contributed by atoms with Crippen molar-refractivity contribution in [1.29, 1.82) is 0 Å². The summed E-state index contributed by atoms with van der Waals surface area (Å²) in [6, 6.07) is 10.7. The monoisotopic (exact) mass is 1260 g/mol. The van der Waals surface area contributed by atoms with Crippen molar-refractivity contribution in [3.05, 3.63) is 90.0 Å². The fourth-order valence-corrected chi connectivity index (χ4v) is 8.89. The molecule has 0 saturated carbocycles. The van der Waals surface area contributed by atoms with Gasteiger partial charge in [0.2, 0.25) is 70.8 Å². The molecule has 29 heteroatoms. The standard InChI is InChI=1S/C61H87N11O18/c1-34(2)28-40(54(79)64-42(32-46(62)75)56(81)68-44(60(85)87-7)30-38-18-11-9-12-19-38)66-58(83)52(36(5)73)70-48(77)22-16-26-89-50-24-15-25-51(72-50)90-27-17-23-49(78)71-53(37(6)74)59(84)67-41(29-35(3)4)55(80)65-43(33-47(63)76)57(82)69-45(61(86)88-8)31-39-20-13-10-14-21-39/h9-15,18-21,24-25,34-37,40-45,52-53,73-74H,16-17,22-23,26-33H2,1-8H3,(H2,62,75)(H2,63,76)(H,64,79)(H,65,80)(H,66,83)(H,67,84)(H,68,81)(H,69,82)(H,70,77)(H,71,78)/t36-,37-,40+,41+,42+,43+,44+,45+,52+,53+/m1/s1. The molecule has 0 saturated heterocycles. The number of aliphatic hydroxyl groups is 2. The normalized spacial score (nSPS) is 14.4. The van der Waals surface area contributed by atoms with Gasteiger partial charge in [0.15, 0.2) is 0 Å². The number of carbonyl (C=O) groups is 12. The van der Waals surface area contributed by atoms with Crippen molar-refractivity contribution < 1.29 is 86.7 Å². The van der Waals surface area contributed by atoms with Crippen molar-refractivity contribution in [3.63, 3.8) is 0 Å². The maximum Gasteiger partial charge on any atom is 0.328 e. The average Bonchev–Trinajstić information content (AvgIpc) is 2.00. The number of ether oxygens (including phenoxy) is 4. The fraction of sp³-hybridized carbons (Fsp3) is 0.525. The maximum absolute atomic E-state index is 13.7. The van der Waals surface area contributed by atoms with Crippen molar-refractivity contribution in [2.45, 2.75) is 166 Å². The zero-order chi connectivity index (χ0) is 67.0. The van der Waals surface area contributed by atoms with Gasteiger partial charge in [0.1, 0.15) is 48.3 Å². The number of nitrogens with zero attached hydrogens (tertiary/aromatic N) is 1. The summed E-state index contributed by atoms with van der Waals surface area (Å²) in [6.45, 7) is 9.45. The molecule has 3 rings (SSSR count). The van der Waals surface area contributed by atoms with Gasteiger partial charge in [-0.05, 0) is 62.5 Å². The Labute approximate surface area is 522 Å². The molecule has 0 aliphatic rings. The highest BCUT2D eigenvalue weighted by atomic mass is 16.5. The summed E-state index contributed by atoms with van der Waals surface area (Å²) < 4.78 is 21.1. The average molecular weight is 1260 g/mol. The molecular weight excluding hydrogens is 1170 g/mol. The van der Waals surface area contributed by atoms with Crippen LogP contribution in [-0.2, 0) is 79.8 Å². The Morgan fingerprint density at radius 2 is 0.756 bits per heavy atom. The lowest BCUT2D eigenvalue weighted by Crippen LogP contribution is -2.60. The number of nitrogens with two attached hydrogens (primary N) is 2. The Bertz CT molecular complexity index is 2690. The number of amides is 10. The molecule has 90 heavy (non-hydrogen) atoms. The lowest BCUT2D eigenvalue weighted by molar-refractivity contribution is -0.146. The van der Waals surface area contributed by atoms with Gasteiger partial charge in [0.25, 0.3) is 0 Å². The Morgan fingerprint density at radius 3 is 1.07 bits per heavy atom. The minimum Gasteiger partial charge on any atom is -0.478 e. The maximum atomic E-state index is 13.7. The van der Waals surface area contributed by atoms with E-state index in [0.717, 1.165) is 14.2 Å². The number of esters is 2. The van der Waals surface area contributed by atoms with Gasteiger partial charge < -0.3 is 83.2 Å². The number of aromatic nitrogens is 1.